The summed E-state index contributed by atoms with van der Waals surface area (Å²) >= 11 is 0. The van der Waals surface area contributed by atoms with E-state index in [9.17, 15) is 14.4 Å². The third-order valence-electron chi connectivity index (χ3n) is 4.62. The van der Waals surface area contributed by atoms with Crippen molar-refractivity contribution in [3.05, 3.63) is 11.6 Å². The normalized spacial score (nSPS) is 13.0. The van der Waals surface area contributed by atoms with Crippen LogP contribution in [0.15, 0.2) is 11.6 Å². The Morgan fingerprint density at radius 1 is 1.03 bits per heavy atom. The topological polar surface area (TPSA) is 79.0 Å². The molecule has 30 heavy (non-hydrogen) atoms. The first-order valence-electron chi connectivity index (χ1n) is 10.7. The van der Waals surface area contributed by atoms with Crippen molar-refractivity contribution in [2.24, 2.45) is 11.8 Å². The molecular formula is C23H45N3O4. The third kappa shape index (κ3) is 11.3. The van der Waals surface area contributed by atoms with Crippen molar-refractivity contribution in [2.45, 2.75) is 73.9 Å². The van der Waals surface area contributed by atoms with Gasteiger partial charge in [0.2, 0.25) is 11.8 Å². The van der Waals surface area contributed by atoms with Crippen LogP contribution >= 0.6 is 0 Å². The zero-order valence-corrected chi connectivity index (χ0v) is 21.3. The first-order chi connectivity index (χ1) is 13.6. The van der Waals surface area contributed by atoms with Gasteiger partial charge in [-0.25, -0.2) is 4.79 Å². The van der Waals surface area contributed by atoms with Gasteiger partial charge in [-0.05, 0) is 53.6 Å². The average Bonchev–Trinajstić information content (AvgIpc) is 2.62. The molecule has 0 aromatic heterocycles. The summed E-state index contributed by atoms with van der Waals surface area (Å²) in [5.41, 5.74) is -0.251. The van der Waals surface area contributed by atoms with Crippen molar-refractivity contribution in [1.82, 2.24) is 15.1 Å². The van der Waals surface area contributed by atoms with Gasteiger partial charge >= 0.3 is 5.97 Å². The summed E-state index contributed by atoms with van der Waals surface area (Å²) in [5.74, 6) is 0.102. The SMILES string of the molecule is CC(C)C.CCOC(=O)/C(C)=C/[C@H](C(C)C)N(C)C(=O)CNC(=O)C(C)(C)N(C)C. The maximum absolute atomic E-state index is 12.5. The van der Waals surface area contributed by atoms with E-state index in [-0.39, 0.29) is 36.3 Å². The van der Waals surface area contributed by atoms with E-state index in [0.29, 0.717) is 12.2 Å². The van der Waals surface area contributed by atoms with Crippen molar-refractivity contribution in [3.8, 4) is 0 Å². The Balaban J connectivity index is 0. The number of likely N-dealkylation sites (N-methyl/N-ethyl adjacent to an activating group) is 2. The van der Waals surface area contributed by atoms with Crippen LogP contribution in [0, 0.1) is 11.8 Å². The molecule has 0 spiro atoms. The lowest BCUT2D eigenvalue weighted by Gasteiger charge is -2.32. The highest BCUT2D eigenvalue weighted by Crippen LogP contribution is 2.14. The molecule has 7 nitrogen and oxygen atoms in total. The van der Waals surface area contributed by atoms with Crippen molar-refractivity contribution < 1.29 is 19.1 Å². The molecular weight excluding hydrogens is 382 g/mol. The van der Waals surface area contributed by atoms with Gasteiger partial charge in [0.05, 0.1) is 24.7 Å². The van der Waals surface area contributed by atoms with Crippen LogP contribution in [0.3, 0.4) is 0 Å². The number of ether oxygens (including phenoxy) is 1. The molecule has 1 atom stereocenters. The van der Waals surface area contributed by atoms with Gasteiger partial charge in [-0.1, -0.05) is 40.7 Å². The highest BCUT2D eigenvalue weighted by Gasteiger charge is 2.31. The van der Waals surface area contributed by atoms with Gasteiger partial charge in [-0.2, -0.15) is 0 Å². The van der Waals surface area contributed by atoms with Crippen molar-refractivity contribution in [2.75, 3.05) is 34.3 Å². The molecule has 0 aromatic rings. The Kier molecular flexibility index (Phi) is 14.3. The minimum absolute atomic E-state index is 0.0951. The summed E-state index contributed by atoms with van der Waals surface area (Å²) in [6, 6.07) is -0.273. The molecule has 1 N–H and O–H groups in total. The first kappa shape index (κ1) is 30.3. The predicted octanol–water partition coefficient (Wildman–Crippen LogP) is 3.10. The summed E-state index contributed by atoms with van der Waals surface area (Å²) in [4.78, 5) is 40.0. The van der Waals surface area contributed by atoms with Crippen LogP contribution in [-0.2, 0) is 19.1 Å². The number of rotatable bonds is 9. The fraction of sp³-hybridized carbons (Fsp3) is 0.783. The number of carbonyl (C=O) groups is 3. The maximum atomic E-state index is 12.5. The summed E-state index contributed by atoms with van der Waals surface area (Å²) in [6.07, 6.45) is 1.74. The lowest BCUT2D eigenvalue weighted by Crippen LogP contribution is -2.54. The van der Waals surface area contributed by atoms with Crippen LogP contribution in [0.5, 0.6) is 0 Å². The summed E-state index contributed by atoms with van der Waals surface area (Å²) < 4.78 is 4.99. The molecule has 0 radical (unpaired) electrons. The lowest BCUT2D eigenvalue weighted by molar-refractivity contribution is -0.138. The number of carbonyl (C=O) groups excluding carboxylic acids is 3. The summed E-state index contributed by atoms with van der Waals surface area (Å²) in [5, 5.41) is 2.69. The molecule has 7 heteroatoms. The monoisotopic (exact) mass is 427 g/mol. The zero-order valence-electron chi connectivity index (χ0n) is 21.3. The van der Waals surface area contributed by atoms with Crippen LogP contribution < -0.4 is 5.32 Å². The second-order valence-corrected chi connectivity index (χ2v) is 9.18. The zero-order chi connectivity index (χ0) is 24.2. The molecule has 0 saturated carbocycles. The second-order valence-electron chi connectivity index (χ2n) is 9.18. The molecule has 0 heterocycles. The fourth-order valence-electron chi connectivity index (χ4n) is 2.19. The van der Waals surface area contributed by atoms with E-state index in [1.807, 2.05) is 27.9 Å². The molecule has 0 aliphatic rings. The first-order valence-corrected chi connectivity index (χ1v) is 10.7. The molecule has 0 saturated heterocycles. The number of nitrogens with zero attached hydrogens (tertiary/aromatic N) is 2. The Hall–Kier alpha value is -1.89. The van der Waals surface area contributed by atoms with E-state index >= 15 is 0 Å². The van der Waals surface area contributed by atoms with Crippen LogP contribution in [0.25, 0.3) is 0 Å². The third-order valence-corrected chi connectivity index (χ3v) is 4.62. The number of nitrogens with one attached hydrogen (secondary N) is 1. The van der Waals surface area contributed by atoms with Gasteiger partial charge in [0, 0.05) is 12.6 Å². The Labute approximate surface area is 184 Å². The Bertz CT molecular complexity index is 578. The van der Waals surface area contributed by atoms with Gasteiger partial charge in [0.1, 0.15) is 0 Å². The van der Waals surface area contributed by atoms with E-state index in [1.165, 1.54) is 0 Å². The highest BCUT2D eigenvalue weighted by atomic mass is 16.5. The largest absolute Gasteiger partial charge is 0.463 e. The maximum Gasteiger partial charge on any atom is 0.333 e. The Morgan fingerprint density at radius 3 is 1.87 bits per heavy atom. The summed E-state index contributed by atoms with van der Waals surface area (Å²) in [7, 11) is 5.29. The van der Waals surface area contributed by atoms with Gasteiger partial charge < -0.3 is 15.0 Å². The van der Waals surface area contributed by atoms with E-state index in [2.05, 4.69) is 26.1 Å². The van der Waals surface area contributed by atoms with Crippen LogP contribution in [-0.4, -0.2) is 73.5 Å². The lowest BCUT2D eigenvalue weighted by atomic mass is 10.00. The van der Waals surface area contributed by atoms with Gasteiger partial charge in [-0.15, -0.1) is 0 Å². The smallest absolute Gasteiger partial charge is 0.333 e. The molecule has 2 amide bonds. The average molecular weight is 428 g/mol. The molecule has 0 fully saturated rings. The van der Waals surface area contributed by atoms with Gasteiger partial charge in [-0.3, -0.25) is 14.5 Å². The Morgan fingerprint density at radius 2 is 1.50 bits per heavy atom. The van der Waals surface area contributed by atoms with Gasteiger partial charge in [0.25, 0.3) is 0 Å². The van der Waals surface area contributed by atoms with E-state index in [4.69, 9.17) is 4.74 Å². The van der Waals surface area contributed by atoms with Crippen molar-refractivity contribution in [3.63, 3.8) is 0 Å². The van der Waals surface area contributed by atoms with E-state index in [1.54, 1.807) is 50.6 Å². The van der Waals surface area contributed by atoms with Crippen LogP contribution in [0.1, 0.15) is 62.3 Å². The molecule has 0 aliphatic heterocycles. The quantitative estimate of drug-likeness (QED) is 0.452. The van der Waals surface area contributed by atoms with E-state index in [0.717, 1.165) is 5.92 Å². The van der Waals surface area contributed by atoms with E-state index < -0.39 is 5.54 Å². The molecule has 0 bridgehead atoms. The molecule has 0 aliphatic carbocycles. The minimum Gasteiger partial charge on any atom is -0.463 e. The molecule has 176 valence electrons. The summed E-state index contributed by atoms with van der Waals surface area (Å²) in [6.45, 7) is 17.7. The fourth-order valence-corrected chi connectivity index (χ4v) is 2.19. The second kappa shape index (κ2) is 14.2. The molecule has 0 rings (SSSR count). The predicted molar refractivity (Wildman–Crippen MR) is 123 cm³/mol. The number of hydrogen-bond acceptors (Lipinski definition) is 5. The van der Waals surface area contributed by atoms with Crippen LogP contribution in [0.4, 0.5) is 0 Å². The van der Waals surface area contributed by atoms with Crippen molar-refractivity contribution >= 4 is 17.8 Å². The minimum atomic E-state index is -0.712. The number of amides is 2. The van der Waals surface area contributed by atoms with Gasteiger partial charge in [0.15, 0.2) is 0 Å². The highest BCUT2D eigenvalue weighted by molar-refractivity contribution is 5.90. The number of esters is 1. The molecule has 0 unspecified atom stereocenters. The number of hydrogen-bond donors (Lipinski definition) is 1. The molecule has 0 aromatic carbocycles. The standard InChI is InChI=1S/C19H35N3O4.C4H10/c1-10-26-17(24)14(4)11-15(13(2)3)22(9)16(23)12-20-18(25)19(5,6)21(7)8;1-4(2)3/h11,13,15H,10,12H2,1-9H3,(H,20,25);4H,1-3H3/b14-11+;/t15-;/m1./s1. The van der Waals surface area contributed by atoms with Crippen LogP contribution in [0.2, 0.25) is 0 Å². The van der Waals surface area contributed by atoms with Crippen molar-refractivity contribution in [1.29, 1.82) is 0 Å².